The number of hydrogen-bond acceptors (Lipinski definition) is 2. The van der Waals surface area contributed by atoms with Gasteiger partial charge in [0.15, 0.2) is 11.6 Å². The van der Waals surface area contributed by atoms with Gasteiger partial charge in [0.2, 0.25) is 0 Å². The second-order valence-electron chi connectivity index (χ2n) is 2.12. The fourth-order valence-electron chi connectivity index (χ4n) is 0.742. The van der Waals surface area contributed by atoms with E-state index in [1.807, 2.05) is 0 Å². The van der Waals surface area contributed by atoms with Crippen molar-refractivity contribution in [2.24, 2.45) is 0 Å². The monoisotopic (exact) mass is 171 g/mol. The van der Waals surface area contributed by atoms with Crippen LogP contribution in [0.1, 0.15) is 5.56 Å². The van der Waals surface area contributed by atoms with Crippen LogP contribution in [-0.2, 0) is 16.1 Å². The molecule has 1 rings (SSSR count). The summed E-state index contributed by atoms with van der Waals surface area (Å²) in [5.74, 6) is -1.88. The summed E-state index contributed by atoms with van der Waals surface area (Å²) in [5.41, 5.74) is 0.386. The molecule has 4 heteroatoms. The number of halogens is 2. The summed E-state index contributed by atoms with van der Waals surface area (Å²) in [5, 5.41) is 0. The van der Waals surface area contributed by atoms with Gasteiger partial charge in [-0.1, -0.05) is 6.07 Å². The zero-order valence-corrected chi connectivity index (χ0v) is 6.01. The number of benzene rings is 1. The molecule has 0 bridgehead atoms. The van der Waals surface area contributed by atoms with E-state index < -0.39 is 11.6 Å². The van der Waals surface area contributed by atoms with Gasteiger partial charge < -0.3 is 4.74 Å². The van der Waals surface area contributed by atoms with Crippen molar-refractivity contribution in [3.8, 4) is 0 Å². The first-order valence-corrected chi connectivity index (χ1v) is 3.17. The standard InChI is InChI=1S/C8H5F2O2/c9-7-2-1-6(3-8(7)10)4-12-5-11/h1-3H,4H2. The van der Waals surface area contributed by atoms with E-state index in [4.69, 9.17) is 0 Å². The van der Waals surface area contributed by atoms with Gasteiger partial charge in [0.25, 0.3) is 0 Å². The topological polar surface area (TPSA) is 26.3 Å². The molecule has 1 aromatic carbocycles. The average Bonchev–Trinajstić information content (AvgIpc) is 2.07. The predicted octanol–water partition coefficient (Wildman–Crippen LogP) is 1.55. The molecule has 2 nitrogen and oxygen atoms in total. The molecule has 0 aliphatic rings. The Bertz CT molecular complexity index is 286. The lowest BCUT2D eigenvalue weighted by Crippen LogP contribution is -1.92. The van der Waals surface area contributed by atoms with Crippen molar-refractivity contribution >= 4 is 6.47 Å². The molecule has 12 heavy (non-hydrogen) atoms. The molecule has 0 atom stereocenters. The summed E-state index contributed by atoms with van der Waals surface area (Å²) in [6.07, 6.45) is 0. The molecule has 0 aromatic heterocycles. The van der Waals surface area contributed by atoms with Gasteiger partial charge in [-0.05, 0) is 17.7 Å². The van der Waals surface area contributed by atoms with Gasteiger partial charge in [0.1, 0.15) is 6.61 Å². The molecule has 1 radical (unpaired) electrons. The second kappa shape index (κ2) is 3.80. The smallest absolute Gasteiger partial charge is 0.417 e. The van der Waals surface area contributed by atoms with Crippen molar-refractivity contribution < 1.29 is 18.3 Å². The molecule has 1 aromatic rings. The van der Waals surface area contributed by atoms with Crippen molar-refractivity contribution in [2.45, 2.75) is 6.61 Å². The van der Waals surface area contributed by atoms with Crippen LogP contribution in [0.5, 0.6) is 0 Å². The first kappa shape index (κ1) is 8.64. The fourth-order valence-corrected chi connectivity index (χ4v) is 0.742. The Kier molecular flexibility index (Phi) is 2.74. The lowest BCUT2D eigenvalue weighted by molar-refractivity contribution is 0.266. The Labute approximate surface area is 67.8 Å². The van der Waals surface area contributed by atoms with Gasteiger partial charge in [0, 0.05) is 0 Å². The Morgan fingerprint density at radius 2 is 2.08 bits per heavy atom. The minimum absolute atomic E-state index is 0.0965. The van der Waals surface area contributed by atoms with Crippen LogP contribution in [0.3, 0.4) is 0 Å². The van der Waals surface area contributed by atoms with Crippen molar-refractivity contribution in [1.29, 1.82) is 0 Å². The maximum atomic E-state index is 12.5. The highest BCUT2D eigenvalue weighted by Crippen LogP contribution is 2.08. The van der Waals surface area contributed by atoms with Gasteiger partial charge in [-0.2, -0.15) is 0 Å². The molecule has 0 saturated carbocycles. The van der Waals surface area contributed by atoms with Gasteiger partial charge in [-0.3, -0.25) is 0 Å². The molecule has 0 spiro atoms. The number of rotatable bonds is 3. The van der Waals surface area contributed by atoms with Gasteiger partial charge >= 0.3 is 6.47 Å². The van der Waals surface area contributed by atoms with E-state index in [1.54, 1.807) is 0 Å². The molecule has 63 valence electrons. The van der Waals surface area contributed by atoms with Crippen LogP contribution in [0.4, 0.5) is 8.78 Å². The predicted molar refractivity (Wildman–Crippen MR) is 36.8 cm³/mol. The molecular weight excluding hydrogens is 166 g/mol. The first-order chi connectivity index (χ1) is 5.74. The van der Waals surface area contributed by atoms with Crippen LogP contribution in [0.15, 0.2) is 18.2 Å². The third kappa shape index (κ3) is 2.02. The molecule has 0 N–H and O–H groups in total. The molecule has 0 fully saturated rings. The van der Waals surface area contributed by atoms with E-state index in [2.05, 4.69) is 4.74 Å². The largest absolute Gasteiger partial charge is 0.452 e. The highest BCUT2D eigenvalue weighted by Gasteiger charge is 2.01. The van der Waals surface area contributed by atoms with E-state index in [9.17, 15) is 13.6 Å². The Hall–Kier alpha value is -1.45. The van der Waals surface area contributed by atoms with Crippen molar-refractivity contribution in [3.63, 3.8) is 0 Å². The summed E-state index contributed by atoms with van der Waals surface area (Å²) < 4.78 is 29.0. The van der Waals surface area contributed by atoms with Gasteiger partial charge in [-0.25, -0.2) is 13.6 Å². The summed E-state index contributed by atoms with van der Waals surface area (Å²) in [6, 6.07) is 3.27. The molecule has 0 aliphatic carbocycles. The highest BCUT2D eigenvalue weighted by atomic mass is 19.2. The van der Waals surface area contributed by atoms with Crippen molar-refractivity contribution in [1.82, 2.24) is 0 Å². The molecule has 0 saturated heterocycles. The molecule has 0 aliphatic heterocycles. The van der Waals surface area contributed by atoms with E-state index in [-0.39, 0.29) is 6.61 Å². The van der Waals surface area contributed by atoms with Crippen LogP contribution >= 0.6 is 0 Å². The lowest BCUT2D eigenvalue weighted by atomic mass is 10.2. The highest BCUT2D eigenvalue weighted by molar-refractivity contribution is 5.38. The summed E-state index contributed by atoms with van der Waals surface area (Å²) in [6.45, 7) is 1.09. The Morgan fingerprint density at radius 1 is 1.33 bits per heavy atom. The SMILES string of the molecule is O=[C]OCc1ccc(F)c(F)c1. The van der Waals surface area contributed by atoms with Crippen molar-refractivity contribution in [3.05, 3.63) is 35.4 Å². The van der Waals surface area contributed by atoms with Crippen LogP contribution in [0, 0.1) is 11.6 Å². The van der Waals surface area contributed by atoms with E-state index in [0.29, 0.717) is 5.56 Å². The Morgan fingerprint density at radius 3 is 2.67 bits per heavy atom. The molecule has 0 heterocycles. The zero-order valence-electron chi connectivity index (χ0n) is 6.01. The van der Waals surface area contributed by atoms with E-state index in [0.717, 1.165) is 12.1 Å². The van der Waals surface area contributed by atoms with E-state index >= 15 is 0 Å². The summed E-state index contributed by atoms with van der Waals surface area (Å²) in [4.78, 5) is 9.61. The maximum Gasteiger partial charge on any atom is 0.417 e. The third-order valence-corrected chi connectivity index (χ3v) is 1.28. The second-order valence-corrected chi connectivity index (χ2v) is 2.12. The van der Waals surface area contributed by atoms with E-state index in [1.165, 1.54) is 12.5 Å². The number of ether oxygens (including phenoxy) is 1. The molecule has 0 amide bonds. The number of hydrogen-bond donors (Lipinski definition) is 0. The van der Waals surface area contributed by atoms with Crippen LogP contribution in [0.2, 0.25) is 0 Å². The Balaban J connectivity index is 2.75. The number of carbonyl (C=O) groups excluding carboxylic acids is 1. The van der Waals surface area contributed by atoms with Gasteiger partial charge in [0.05, 0.1) is 0 Å². The quantitative estimate of drug-likeness (QED) is 0.689. The lowest BCUT2D eigenvalue weighted by Gasteiger charge is -1.98. The minimum atomic E-state index is -0.956. The normalized spacial score (nSPS) is 9.50. The zero-order chi connectivity index (χ0) is 8.97. The third-order valence-electron chi connectivity index (χ3n) is 1.28. The fraction of sp³-hybridized carbons (Fsp3) is 0.125. The minimum Gasteiger partial charge on any atom is -0.452 e. The van der Waals surface area contributed by atoms with Gasteiger partial charge in [-0.15, -0.1) is 0 Å². The van der Waals surface area contributed by atoms with Crippen molar-refractivity contribution in [2.75, 3.05) is 0 Å². The summed E-state index contributed by atoms with van der Waals surface area (Å²) >= 11 is 0. The maximum absolute atomic E-state index is 12.5. The van der Waals surface area contributed by atoms with Crippen LogP contribution in [0.25, 0.3) is 0 Å². The molecule has 0 unspecified atom stereocenters. The average molecular weight is 171 g/mol. The van der Waals surface area contributed by atoms with Crippen LogP contribution < -0.4 is 0 Å². The van der Waals surface area contributed by atoms with Crippen LogP contribution in [-0.4, -0.2) is 6.47 Å². The first-order valence-electron chi connectivity index (χ1n) is 3.17. The molecular formula is C8H5F2O2. The summed E-state index contributed by atoms with van der Waals surface area (Å²) in [7, 11) is 0.